The number of piperidine rings is 1. The Hall–Kier alpha value is -1.84. The zero-order valence-electron chi connectivity index (χ0n) is 15.8. The van der Waals surface area contributed by atoms with E-state index in [-0.39, 0.29) is 44.2 Å². The SMILES string of the molecule is CNC(=O)[C@@H](NC(=O)CCCN1CCC(C(=O)O)CC1C(F)(F)F)C(C)C. The molecule has 1 aliphatic rings. The number of nitrogens with zero attached hydrogens (tertiary/aromatic N) is 1. The third-order valence-corrected chi connectivity index (χ3v) is 4.80. The highest BCUT2D eigenvalue weighted by atomic mass is 19.4. The lowest BCUT2D eigenvalue weighted by molar-refractivity contribution is -0.197. The van der Waals surface area contributed by atoms with E-state index in [1.165, 1.54) is 11.9 Å². The number of carboxylic acids is 1. The van der Waals surface area contributed by atoms with Gasteiger partial charge in [0.05, 0.1) is 5.92 Å². The maximum Gasteiger partial charge on any atom is 0.404 e. The van der Waals surface area contributed by atoms with Crippen molar-refractivity contribution in [2.45, 2.75) is 57.8 Å². The molecule has 2 unspecified atom stereocenters. The van der Waals surface area contributed by atoms with Gasteiger partial charge in [0.1, 0.15) is 12.1 Å². The Balaban J connectivity index is 2.57. The molecule has 0 bridgehead atoms. The Kier molecular flexibility index (Phi) is 8.52. The van der Waals surface area contributed by atoms with Gasteiger partial charge in [0.25, 0.3) is 0 Å². The van der Waals surface area contributed by atoms with Crippen LogP contribution in [0.3, 0.4) is 0 Å². The van der Waals surface area contributed by atoms with Gasteiger partial charge in [-0.15, -0.1) is 0 Å². The van der Waals surface area contributed by atoms with Gasteiger partial charge in [-0.05, 0) is 38.3 Å². The summed E-state index contributed by atoms with van der Waals surface area (Å²) in [5.74, 6) is -3.07. The van der Waals surface area contributed by atoms with Crippen LogP contribution >= 0.6 is 0 Å². The first-order valence-corrected chi connectivity index (χ1v) is 9.01. The van der Waals surface area contributed by atoms with Crippen LogP contribution in [0.25, 0.3) is 0 Å². The fourth-order valence-electron chi connectivity index (χ4n) is 3.23. The number of aliphatic carboxylic acids is 1. The average Bonchev–Trinajstić information content (AvgIpc) is 2.57. The van der Waals surface area contributed by atoms with Crippen molar-refractivity contribution >= 4 is 17.8 Å². The van der Waals surface area contributed by atoms with Crippen molar-refractivity contribution in [3.05, 3.63) is 0 Å². The van der Waals surface area contributed by atoms with Crippen LogP contribution < -0.4 is 10.6 Å². The lowest BCUT2D eigenvalue weighted by Gasteiger charge is -2.39. The Morgan fingerprint density at radius 2 is 1.89 bits per heavy atom. The summed E-state index contributed by atoms with van der Waals surface area (Å²) in [5.41, 5.74) is 0. The van der Waals surface area contributed by atoms with Crippen molar-refractivity contribution < 1.29 is 32.7 Å². The summed E-state index contributed by atoms with van der Waals surface area (Å²) < 4.78 is 39.7. The van der Waals surface area contributed by atoms with Crippen molar-refractivity contribution in [3.8, 4) is 0 Å². The topological polar surface area (TPSA) is 98.7 Å². The lowest BCUT2D eigenvalue weighted by Crippen LogP contribution is -2.52. The minimum Gasteiger partial charge on any atom is -0.481 e. The summed E-state index contributed by atoms with van der Waals surface area (Å²) >= 11 is 0. The molecule has 2 amide bonds. The van der Waals surface area contributed by atoms with Gasteiger partial charge in [-0.25, -0.2) is 0 Å². The van der Waals surface area contributed by atoms with Crippen LogP contribution in [0.5, 0.6) is 0 Å². The fraction of sp³-hybridized carbons (Fsp3) is 0.824. The molecular weight excluding hydrogens is 367 g/mol. The number of carbonyl (C=O) groups excluding carboxylic acids is 2. The highest BCUT2D eigenvalue weighted by Crippen LogP contribution is 2.34. The minimum absolute atomic E-state index is 0.0103. The Morgan fingerprint density at radius 1 is 1.26 bits per heavy atom. The molecule has 1 fully saturated rings. The van der Waals surface area contributed by atoms with E-state index >= 15 is 0 Å². The van der Waals surface area contributed by atoms with E-state index in [4.69, 9.17) is 5.11 Å². The number of hydrogen-bond acceptors (Lipinski definition) is 4. The summed E-state index contributed by atoms with van der Waals surface area (Å²) in [4.78, 5) is 36.0. The quantitative estimate of drug-likeness (QED) is 0.577. The molecule has 3 atom stereocenters. The van der Waals surface area contributed by atoms with Gasteiger partial charge in [0, 0.05) is 13.5 Å². The van der Waals surface area contributed by atoms with Gasteiger partial charge in [-0.3, -0.25) is 19.3 Å². The zero-order chi connectivity index (χ0) is 20.8. The molecule has 1 rings (SSSR count). The van der Waals surface area contributed by atoms with Crippen LogP contribution in [0.1, 0.15) is 39.5 Å². The molecule has 0 aromatic carbocycles. The first-order valence-electron chi connectivity index (χ1n) is 9.01. The molecule has 0 aromatic heterocycles. The molecule has 0 saturated carbocycles. The first kappa shape index (κ1) is 23.2. The summed E-state index contributed by atoms with van der Waals surface area (Å²) in [6.45, 7) is 3.62. The number of amides is 2. The normalized spacial score (nSPS) is 22.3. The number of carbonyl (C=O) groups is 3. The van der Waals surface area contributed by atoms with Crippen molar-refractivity contribution in [1.82, 2.24) is 15.5 Å². The summed E-state index contributed by atoms with van der Waals surface area (Å²) in [6, 6.07) is -2.51. The van der Waals surface area contributed by atoms with Gasteiger partial charge in [-0.1, -0.05) is 13.8 Å². The Bertz CT molecular complexity index is 540. The number of likely N-dealkylation sites (tertiary alicyclic amines) is 1. The highest BCUT2D eigenvalue weighted by molar-refractivity contribution is 5.87. The predicted molar refractivity (Wildman–Crippen MR) is 91.8 cm³/mol. The van der Waals surface area contributed by atoms with E-state index in [1.54, 1.807) is 13.8 Å². The van der Waals surface area contributed by atoms with Crippen LogP contribution in [0.15, 0.2) is 0 Å². The van der Waals surface area contributed by atoms with Crippen molar-refractivity contribution in [3.63, 3.8) is 0 Å². The van der Waals surface area contributed by atoms with E-state index in [9.17, 15) is 27.6 Å². The van der Waals surface area contributed by atoms with Gasteiger partial charge >= 0.3 is 12.1 Å². The van der Waals surface area contributed by atoms with Crippen molar-refractivity contribution in [2.24, 2.45) is 11.8 Å². The molecule has 7 nitrogen and oxygen atoms in total. The van der Waals surface area contributed by atoms with Gasteiger partial charge < -0.3 is 15.7 Å². The number of rotatable bonds is 8. The van der Waals surface area contributed by atoms with Crippen LogP contribution in [0, 0.1) is 11.8 Å². The molecule has 0 aromatic rings. The zero-order valence-corrected chi connectivity index (χ0v) is 15.8. The summed E-state index contributed by atoms with van der Waals surface area (Å²) in [5, 5.41) is 14.0. The number of carboxylic acid groups (broad SMARTS) is 1. The summed E-state index contributed by atoms with van der Waals surface area (Å²) in [7, 11) is 1.46. The first-order chi connectivity index (χ1) is 12.5. The van der Waals surface area contributed by atoms with E-state index in [1.807, 2.05) is 0 Å². The minimum atomic E-state index is -4.52. The van der Waals surface area contributed by atoms with E-state index in [0.29, 0.717) is 0 Å². The average molecular weight is 395 g/mol. The molecular formula is C17H28F3N3O4. The van der Waals surface area contributed by atoms with Crippen LogP contribution in [0.4, 0.5) is 13.2 Å². The standard InChI is InChI=1S/C17H28F3N3O4/c1-10(2)14(15(25)21-3)22-13(24)5-4-7-23-8-6-11(16(26)27)9-12(23)17(18,19)20/h10-12,14H,4-9H2,1-3H3,(H,21,25)(H,22,24)(H,26,27)/t11?,12?,14-/m0/s1. The number of halogens is 3. The second-order valence-corrected chi connectivity index (χ2v) is 7.16. The predicted octanol–water partition coefficient (Wildman–Crippen LogP) is 1.38. The fourth-order valence-corrected chi connectivity index (χ4v) is 3.23. The molecule has 1 heterocycles. The number of hydrogen-bond donors (Lipinski definition) is 3. The Labute approximate surface area is 156 Å². The molecule has 0 radical (unpaired) electrons. The maximum atomic E-state index is 13.2. The molecule has 3 N–H and O–H groups in total. The third-order valence-electron chi connectivity index (χ3n) is 4.80. The van der Waals surface area contributed by atoms with E-state index in [0.717, 1.165) is 0 Å². The second-order valence-electron chi connectivity index (χ2n) is 7.16. The lowest BCUT2D eigenvalue weighted by atomic mass is 9.90. The second kappa shape index (κ2) is 9.91. The monoisotopic (exact) mass is 395 g/mol. The number of alkyl halides is 3. The largest absolute Gasteiger partial charge is 0.481 e. The van der Waals surface area contributed by atoms with Gasteiger partial charge in [-0.2, -0.15) is 13.2 Å². The van der Waals surface area contributed by atoms with Gasteiger partial charge in [0.2, 0.25) is 11.8 Å². The van der Waals surface area contributed by atoms with Crippen LogP contribution in [0.2, 0.25) is 0 Å². The van der Waals surface area contributed by atoms with Crippen LogP contribution in [-0.2, 0) is 14.4 Å². The number of nitrogens with one attached hydrogen (secondary N) is 2. The molecule has 0 aliphatic carbocycles. The maximum absolute atomic E-state index is 13.2. The third kappa shape index (κ3) is 7.00. The molecule has 10 heteroatoms. The molecule has 1 saturated heterocycles. The van der Waals surface area contributed by atoms with Crippen molar-refractivity contribution in [2.75, 3.05) is 20.1 Å². The highest BCUT2D eigenvalue weighted by Gasteiger charge is 2.47. The van der Waals surface area contributed by atoms with Crippen LogP contribution in [-0.4, -0.2) is 66.2 Å². The van der Waals surface area contributed by atoms with Gasteiger partial charge in [0.15, 0.2) is 0 Å². The van der Waals surface area contributed by atoms with E-state index in [2.05, 4.69) is 10.6 Å². The summed E-state index contributed by atoms with van der Waals surface area (Å²) in [6.07, 6.45) is -4.66. The molecule has 27 heavy (non-hydrogen) atoms. The Morgan fingerprint density at radius 3 is 2.37 bits per heavy atom. The molecule has 0 spiro atoms. The van der Waals surface area contributed by atoms with Crippen molar-refractivity contribution in [1.29, 1.82) is 0 Å². The molecule has 1 aliphatic heterocycles. The number of likely N-dealkylation sites (N-methyl/N-ethyl adjacent to an activating group) is 1. The van der Waals surface area contributed by atoms with E-state index < -0.39 is 42.5 Å². The smallest absolute Gasteiger partial charge is 0.404 e. The molecule has 156 valence electrons.